The summed E-state index contributed by atoms with van der Waals surface area (Å²) in [5, 5.41) is 0. The number of nitrogens with two attached hydrogens (primary N) is 1. The predicted molar refractivity (Wildman–Crippen MR) is 56.1 cm³/mol. The maximum Gasteiger partial charge on any atom is 0.0796 e. The Morgan fingerprint density at radius 1 is 1.45 bits per heavy atom. The van der Waals surface area contributed by atoms with E-state index in [4.69, 9.17) is 18.0 Å². The number of hydrogen-bond acceptors (Lipinski definition) is 3. The number of hydrogen-bond donors (Lipinski definition) is 1. The molecular formula is C8H9NS2. The van der Waals surface area contributed by atoms with E-state index in [0.29, 0.717) is 0 Å². The Morgan fingerprint density at radius 2 is 2.09 bits per heavy atom. The highest BCUT2D eigenvalue weighted by Gasteiger charge is 2.01. The third-order valence-electron chi connectivity index (χ3n) is 1.37. The van der Waals surface area contributed by atoms with Crippen LogP contribution in [-0.2, 0) is 0 Å². The second-order valence-electron chi connectivity index (χ2n) is 2.08. The maximum absolute atomic E-state index is 5.70. The zero-order chi connectivity index (χ0) is 8.27. The zero-order valence-corrected chi connectivity index (χ0v) is 7.84. The normalized spacial score (nSPS) is 9.55. The molecule has 1 aromatic rings. The Morgan fingerprint density at radius 3 is 2.64 bits per heavy atom. The number of rotatable bonds is 1. The number of anilines is 1. The van der Waals surface area contributed by atoms with Crippen LogP contribution < -0.4 is 5.73 Å². The predicted octanol–water partition coefficient (Wildman–Crippen LogP) is 2.31. The van der Waals surface area contributed by atoms with E-state index >= 15 is 0 Å². The first-order chi connectivity index (χ1) is 5.25. The van der Waals surface area contributed by atoms with E-state index in [1.165, 1.54) is 0 Å². The summed E-state index contributed by atoms with van der Waals surface area (Å²) >= 11 is 6.64. The van der Waals surface area contributed by atoms with Crippen molar-refractivity contribution in [2.75, 3.05) is 12.0 Å². The van der Waals surface area contributed by atoms with Crippen molar-refractivity contribution >= 4 is 33.9 Å². The molecule has 58 valence electrons. The molecule has 1 nitrogen and oxygen atoms in total. The second kappa shape index (κ2) is 3.74. The standard InChI is InChI=1S/C8H9NS2/c1-11-8(10)6-4-2-3-5-7(6)9/h2-5H,9H2,1H3. The lowest BCUT2D eigenvalue weighted by Gasteiger charge is -2.02. The molecule has 0 saturated carbocycles. The van der Waals surface area contributed by atoms with Gasteiger partial charge in [-0.1, -0.05) is 30.4 Å². The van der Waals surface area contributed by atoms with E-state index in [1.54, 1.807) is 11.8 Å². The van der Waals surface area contributed by atoms with Gasteiger partial charge in [-0.25, -0.2) is 0 Å². The van der Waals surface area contributed by atoms with Crippen molar-refractivity contribution in [3.63, 3.8) is 0 Å². The van der Waals surface area contributed by atoms with Gasteiger partial charge in [0, 0.05) is 11.3 Å². The Kier molecular flexibility index (Phi) is 2.91. The van der Waals surface area contributed by atoms with Gasteiger partial charge in [-0.3, -0.25) is 0 Å². The Bertz CT molecular complexity index is 271. The van der Waals surface area contributed by atoms with E-state index in [1.807, 2.05) is 30.5 Å². The fourth-order valence-corrected chi connectivity index (χ4v) is 1.38. The Labute approximate surface area is 76.0 Å². The molecule has 3 heteroatoms. The van der Waals surface area contributed by atoms with Crippen LogP contribution in [0.15, 0.2) is 24.3 Å². The van der Waals surface area contributed by atoms with Crippen LogP contribution >= 0.6 is 24.0 Å². The molecule has 0 amide bonds. The molecule has 0 bridgehead atoms. The molecule has 0 aliphatic carbocycles. The number of para-hydroxylation sites is 1. The van der Waals surface area contributed by atoms with Crippen LogP contribution in [0, 0.1) is 0 Å². The first-order valence-corrected chi connectivity index (χ1v) is 4.82. The fraction of sp³-hybridized carbons (Fsp3) is 0.125. The summed E-state index contributed by atoms with van der Waals surface area (Å²) in [6, 6.07) is 7.64. The van der Waals surface area contributed by atoms with Crippen LogP contribution in [0.2, 0.25) is 0 Å². The molecule has 0 heterocycles. The molecule has 2 N–H and O–H groups in total. The summed E-state index contributed by atoms with van der Waals surface area (Å²) in [5.74, 6) is 0. The van der Waals surface area contributed by atoms with E-state index in [2.05, 4.69) is 0 Å². The lowest BCUT2D eigenvalue weighted by atomic mass is 10.2. The molecular weight excluding hydrogens is 174 g/mol. The monoisotopic (exact) mass is 183 g/mol. The Balaban J connectivity index is 3.03. The van der Waals surface area contributed by atoms with Gasteiger partial charge in [-0.05, 0) is 12.3 Å². The molecule has 0 aliphatic rings. The molecule has 0 spiro atoms. The van der Waals surface area contributed by atoms with E-state index in [-0.39, 0.29) is 0 Å². The van der Waals surface area contributed by atoms with Crippen LogP contribution in [-0.4, -0.2) is 10.5 Å². The molecule has 0 radical (unpaired) electrons. The number of benzene rings is 1. The van der Waals surface area contributed by atoms with Crippen molar-refractivity contribution in [1.29, 1.82) is 0 Å². The molecule has 0 aromatic heterocycles. The summed E-state index contributed by atoms with van der Waals surface area (Å²) in [6.07, 6.45) is 1.95. The van der Waals surface area contributed by atoms with Gasteiger partial charge >= 0.3 is 0 Å². The van der Waals surface area contributed by atoms with Crippen molar-refractivity contribution in [1.82, 2.24) is 0 Å². The summed E-state index contributed by atoms with van der Waals surface area (Å²) in [5.41, 5.74) is 7.42. The van der Waals surface area contributed by atoms with Crippen LogP contribution in [0.3, 0.4) is 0 Å². The minimum Gasteiger partial charge on any atom is -0.398 e. The first-order valence-electron chi connectivity index (χ1n) is 3.18. The molecule has 0 aliphatic heterocycles. The van der Waals surface area contributed by atoms with Gasteiger partial charge in [0.1, 0.15) is 0 Å². The zero-order valence-electron chi connectivity index (χ0n) is 6.20. The molecule has 0 unspecified atom stereocenters. The average molecular weight is 183 g/mol. The number of thioether (sulfide) groups is 1. The average Bonchev–Trinajstić information content (AvgIpc) is 2.04. The lowest BCUT2D eigenvalue weighted by Crippen LogP contribution is -1.97. The van der Waals surface area contributed by atoms with Gasteiger partial charge in [-0.2, -0.15) is 0 Å². The van der Waals surface area contributed by atoms with Crippen LogP contribution in [0.25, 0.3) is 0 Å². The van der Waals surface area contributed by atoms with E-state index in [9.17, 15) is 0 Å². The van der Waals surface area contributed by atoms with Crippen molar-refractivity contribution in [3.05, 3.63) is 29.8 Å². The van der Waals surface area contributed by atoms with E-state index in [0.717, 1.165) is 15.4 Å². The van der Waals surface area contributed by atoms with Crippen LogP contribution in [0.1, 0.15) is 5.56 Å². The highest BCUT2D eigenvalue weighted by atomic mass is 32.2. The van der Waals surface area contributed by atoms with Crippen LogP contribution in [0.5, 0.6) is 0 Å². The molecule has 1 rings (SSSR count). The number of thiocarbonyl (C=S) groups is 1. The Hall–Kier alpha value is -0.540. The maximum atomic E-state index is 5.70. The quantitative estimate of drug-likeness (QED) is 0.534. The van der Waals surface area contributed by atoms with Crippen molar-refractivity contribution in [3.8, 4) is 0 Å². The van der Waals surface area contributed by atoms with Gasteiger partial charge in [0.25, 0.3) is 0 Å². The fourth-order valence-electron chi connectivity index (χ4n) is 0.793. The molecule has 11 heavy (non-hydrogen) atoms. The van der Waals surface area contributed by atoms with Gasteiger partial charge in [0.15, 0.2) is 0 Å². The SMILES string of the molecule is CSC(=S)c1ccccc1N. The molecule has 0 fully saturated rings. The van der Waals surface area contributed by atoms with Crippen molar-refractivity contribution in [2.45, 2.75) is 0 Å². The first kappa shape index (κ1) is 8.56. The molecule has 1 aromatic carbocycles. The minimum atomic E-state index is 0.756. The van der Waals surface area contributed by atoms with Crippen LogP contribution in [0.4, 0.5) is 5.69 Å². The largest absolute Gasteiger partial charge is 0.398 e. The summed E-state index contributed by atoms with van der Waals surface area (Å²) in [6.45, 7) is 0. The van der Waals surface area contributed by atoms with Gasteiger partial charge in [0.05, 0.1) is 4.20 Å². The lowest BCUT2D eigenvalue weighted by molar-refractivity contribution is 1.66. The highest BCUT2D eigenvalue weighted by Crippen LogP contribution is 2.17. The summed E-state index contributed by atoms with van der Waals surface area (Å²) in [7, 11) is 0. The second-order valence-corrected chi connectivity index (χ2v) is 3.56. The summed E-state index contributed by atoms with van der Waals surface area (Å²) in [4.78, 5) is 0. The van der Waals surface area contributed by atoms with Crippen molar-refractivity contribution < 1.29 is 0 Å². The molecule has 0 atom stereocenters. The van der Waals surface area contributed by atoms with E-state index < -0.39 is 0 Å². The number of nitrogen functional groups attached to an aromatic ring is 1. The molecule has 0 saturated heterocycles. The smallest absolute Gasteiger partial charge is 0.0796 e. The van der Waals surface area contributed by atoms with Gasteiger partial charge in [0.2, 0.25) is 0 Å². The topological polar surface area (TPSA) is 26.0 Å². The van der Waals surface area contributed by atoms with Crippen molar-refractivity contribution in [2.24, 2.45) is 0 Å². The third kappa shape index (κ3) is 1.94. The van der Waals surface area contributed by atoms with Gasteiger partial charge < -0.3 is 5.73 Å². The highest BCUT2D eigenvalue weighted by molar-refractivity contribution is 8.23. The minimum absolute atomic E-state index is 0.756. The summed E-state index contributed by atoms with van der Waals surface area (Å²) < 4.78 is 0.850. The van der Waals surface area contributed by atoms with Gasteiger partial charge in [-0.15, -0.1) is 11.8 Å². The third-order valence-corrected chi connectivity index (χ3v) is 2.68.